The van der Waals surface area contributed by atoms with Crippen LogP contribution in [-0.2, 0) is 6.18 Å². The summed E-state index contributed by atoms with van der Waals surface area (Å²) in [5.74, 6) is 0.129. The van der Waals surface area contributed by atoms with E-state index in [9.17, 15) is 13.2 Å². The van der Waals surface area contributed by atoms with E-state index in [4.69, 9.17) is 5.73 Å². The number of rotatable bonds is 1. The first kappa shape index (κ1) is 12.7. The van der Waals surface area contributed by atoms with Gasteiger partial charge in [-0.1, -0.05) is 24.3 Å². The van der Waals surface area contributed by atoms with Crippen molar-refractivity contribution in [2.45, 2.75) is 18.1 Å². The highest BCUT2D eigenvalue weighted by Gasteiger charge is 2.44. The summed E-state index contributed by atoms with van der Waals surface area (Å²) >= 11 is 0. The standard InChI is InChI=1S/C14H15F3N2/c15-14(16,17)12-4-2-1-3-11(12)9-5-10-7-19-8-13(10,18)6-9/h1-5,10,19H,6-8,18H2/t10-,13-/m0/s1. The summed E-state index contributed by atoms with van der Waals surface area (Å²) in [4.78, 5) is 0. The maximum Gasteiger partial charge on any atom is 0.416 e. The summed E-state index contributed by atoms with van der Waals surface area (Å²) in [6.45, 7) is 1.40. The van der Waals surface area contributed by atoms with Gasteiger partial charge in [-0.15, -0.1) is 0 Å². The molecule has 0 unspecified atom stereocenters. The highest BCUT2D eigenvalue weighted by Crippen LogP contribution is 2.43. The molecule has 1 heterocycles. The fraction of sp³-hybridized carbons (Fsp3) is 0.429. The predicted molar refractivity (Wildman–Crippen MR) is 67.3 cm³/mol. The van der Waals surface area contributed by atoms with Crippen LogP contribution in [0.4, 0.5) is 13.2 Å². The molecule has 19 heavy (non-hydrogen) atoms. The molecule has 0 saturated carbocycles. The summed E-state index contributed by atoms with van der Waals surface area (Å²) in [5, 5.41) is 3.19. The van der Waals surface area contributed by atoms with E-state index in [0.717, 1.165) is 18.2 Å². The smallest absolute Gasteiger partial charge is 0.323 e. The molecule has 5 heteroatoms. The van der Waals surface area contributed by atoms with Crippen LogP contribution in [0.3, 0.4) is 0 Å². The lowest BCUT2D eigenvalue weighted by Gasteiger charge is -2.23. The molecule has 102 valence electrons. The topological polar surface area (TPSA) is 38.0 Å². The van der Waals surface area contributed by atoms with Crippen LogP contribution in [0.1, 0.15) is 17.5 Å². The zero-order chi connectivity index (χ0) is 13.7. The van der Waals surface area contributed by atoms with Crippen molar-refractivity contribution in [3.05, 3.63) is 41.5 Å². The summed E-state index contributed by atoms with van der Waals surface area (Å²) in [6.07, 6.45) is -1.92. The van der Waals surface area contributed by atoms with Gasteiger partial charge in [0, 0.05) is 24.5 Å². The molecule has 3 rings (SSSR count). The molecule has 1 aromatic carbocycles. The third kappa shape index (κ3) is 2.07. The largest absolute Gasteiger partial charge is 0.416 e. The Balaban J connectivity index is 2.01. The second kappa shape index (κ2) is 4.08. The number of hydrogen-bond acceptors (Lipinski definition) is 2. The van der Waals surface area contributed by atoms with Gasteiger partial charge in [0.1, 0.15) is 0 Å². The van der Waals surface area contributed by atoms with Crippen molar-refractivity contribution in [1.82, 2.24) is 5.32 Å². The minimum atomic E-state index is -4.32. The van der Waals surface area contributed by atoms with E-state index in [1.807, 2.05) is 6.08 Å². The molecule has 1 aliphatic carbocycles. The van der Waals surface area contributed by atoms with E-state index in [2.05, 4.69) is 5.32 Å². The number of hydrogen-bond donors (Lipinski definition) is 2. The molecule has 1 aromatic rings. The Morgan fingerprint density at radius 3 is 2.68 bits per heavy atom. The number of alkyl halides is 3. The Labute approximate surface area is 109 Å². The summed E-state index contributed by atoms with van der Waals surface area (Å²) < 4.78 is 39.0. The molecule has 0 bridgehead atoms. The van der Waals surface area contributed by atoms with Gasteiger partial charge in [0.15, 0.2) is 0 Å². The van der Waals surface area contributed by atoms with Crippen molar-refractivity contribution < 1.29 is 13.2 Å². The number of benzene rings is 1. The third-order valence-corrected chi connectivity index (χ3v) is 4.06. The second-order valence-corrected chi connectivity index (χ2v) is 5.38. The first-order chi connectivity index (χ1) is 8.90. The maximum atomic E-state index is 13.0. The average molecular weight is 268 g/mol. The molecule has 1 aliphatic heterocycles. The average Bonchev–Trinajstić information content (AvgIpc) is 2.82. The fourth-order valence-electron chi connectivity index (χ4n) is 3.06. The normalized spacial score (nSPS) is 30.3. The van der Waals surface area contributed by atoms with Crippen molar-refractivity contribution in [2.75, 3.05) is 13.1 Å². The molecule has 0 spiro atoms. The Hall–Kier alpha value is -1.33. The van der Waals surface area contributed by atoms with Gasteiger partial charge < -0.3 is 11.1 Å². The van der Waals surface area contributed by atoms with Gasteiger partial charge in [0.05, 0.1) is 5.56 Å². The van der Waals surface area contributed by atoms with E-state index < -0.39 is 17.3 Å². The van der Waals surface area contributed by atoms with Gasteiger partial charge in [0.2, 0.25) is 0 Å². The first-order valence-electron chi connectivity index (χ1n) is 6.27. The van der Waals surface area contributed by atoms with Crippen LogP contribution in [-0.4, -0.2) is 18.6 Å². The Morgan fingerprint density at radius 1 is 1.26 bits per heavy atom. The predicted octanol–water partition coefficient (Wildman–Crippen LogP) is 2.41. The van der Waals surface area contributed by atoms with Crippen LogP contribution in [0, 0.1) is 5.92 Å². The van der Waals surface area contributed by atoms with Crippen LogP contribution in [0.15, 0.2) is 30.3 Å². The number of nitrogens with one attached hydrogen (secondary N) is 1. The highest BCUT2D eigenvalue weighted by molar-refractivity contribution is 5.73. The molecule has 3 N–H and O–H groups in total. The SMILES string of the molecule is N[C@@]12CNC[C@@H]1C=C(c1ccccc1C(F)(F)F)C2. The minimum Gasteiger partial charge on any atom is -0.323 e. The molecule has 2 aliphatic rings. The molecule has 0 amide bonds. The van der Waals surface area contributed by atoms with Gasteiger partial charge in [-0.25, -0.2) is 0 Å². The van der Waals surface area contributed by atoms with Crippen LogP contribution in [0.2, 0.25) is 0 Å². The molecule has 1 saturated heterocycles. The first-order valence-corrected chi connectivity index (χ1v) is 6.27. The van der Waals surface area contributed by atoms with Gasteiger partial charge >= 0.3 is 6.18 Å². The van der Waals surface area contributed by atoms with Crippen molar-refractivity contribution >= 4 is 5.57 Å². The van der Waals surface area contributed by atoms with E-state index in [0.29, 0.717) is 13.0 Å². The second-order valence-electron chi connectivity index (χ2n) is 5.38. The summed E-state index contributed by atoms with van der Waals surface area (Å²) in [5.41, 5.74) is 6.26. The number of fused-ring (bicyclic) bond motifs is 1. The quantitative estimate of drug-likeness (QED) is 0.821. The van der Waals surface area contributed by atoms with Crippen LogP contribution >= 0.6 is 0 Å². The molecule has 2 nitrogen and oxygen atoms in total. The van der Waals surface area contributed by atoms with Crippen molar-refractivity contribution in [2.24, 2.45) is 11.7 Å². The molecule has 2 atom stereocenters. The molecular formula is C14H15F3N2. The van der Waals surface area contributed by atoms with Gasteiger partial charge in [0.25, 0.3) is 0 Å². The van der Waals surface area contributed by atoms with Crippen molar-refractivity contribution in [3.8, 4) is 0 Å². The van der Waals surface area contributed by atoms with Crippen LogP contribution in [0.5, 0.6) is 0 Å². The van der Waals surface area contributed by atoms with Crippen molar-refractivity contribution in [1.29, 1.82) is 0 Å². The lowest BCUT2D eigenvalue weighted by molar-refractivity contribution is -0.137. The van der Waals surface area contributed by atoms with Crippen LogP contribution in [0.25, 0.3) is 5.57 Å². The minimum absolute atomic E-state index is 0.129. The van der Waals surface area contributed by atoms with E-state index in [1.165, 1.54) is 12.1 Å². The zero-order valence-corrected chi connectivity index (χ0v) is 10.3. The maximum absolute atomic E-state index is 13.0. The van der Waals surface area contributed by atoms with Gasteiger partial charge in [-0.3, -0.25) is 0 Å². The lowest BCUT2D eigenvalue weighted by atomic mass is 9.89. The lowest BCUT2D eigenvalue weighted by Crippen LogP contribution is -2.44. The highest BCUT2D eigenvalue weighted by atomic mass is 19.4. The monoisotopic (exact) mass is 268 g/mol. The van der Waals surface area contributed by atoms with Crippen LogP contribution < -0.4 is 11.1 Å². The van der Waals surface area contributed by atoms with E-state index >= 15 is 0 Å². The van der Waals surface area contributed by atoms with Gasteiger partial charge in [-0.2, -0.15) is 13.2 Å². The number of nitrogens with two attached hydrogens (primary N) is 1. The Kier molecular flexibility index (Phi) is 2.73. The van der Waals surface area contributed by atoms with E-state index in [1.54, 1.807) is 6.07 Å². The van der Waals surface area contributed by atoms with E-state index in [-0.39, 0.29) is 11.5 Å². The molecule has 0 radical (unpaired) electrons. The van der Waals surface area contributed by atoms with Gasteiger partial charge in [-0.05, 0) is 23.6 Å². The molecular weight excluding hydrogens is 253 g/mol. The Bertz CT molecular complexity index is 536. The zero-order valence-electron chi connectivity index (χ0n) is 10.3. The third-order valence-electron chi connectivity index (χ3n) is 4.06. The Morgan fingerprint density at radius 2 is 2.00 bits per heavy atom. The molecule has 1 fully saturated rings. The summed E-state index contributed by atoms with van der Waals surface area (Å²) in [7, 11) is 0. The van der Waals surface area contributed by atoms with Crippen molar-refractivity contribution in [3.63, 3.8) is 0 Å². The molecule has 0 aromatic heterocycles. The fourth-order valence-corrected chi connectivity index (χ4v) is 3.06. The summed E-state index contributed by atoms with van der Waals surface area (Å²) in [6, 6.07) is 5.72. The number of halogens is 3.